The lowest BCUT2D eigenvalue weighted by Gasteiger charge is -2.06. The molecule has 0 saturated carbocycles. The highest BCUT2D eigenvalue weighted by molar-refractivity contribution is 5.94. The van der Waals surface area contributed by atoms with Crippen LogP contribution < -0.4 is 10.1 Å². The Morgan fingerprint density at radius 1 is 1.00 bits per heavy atom. The Hall–Kier alpha value is -3.21. The third-order valence-corrected chi connectivity index (χ3v) is 3.79. The highest BCUT2D eigenvalue weighted by Crippen LogP contribution is 2.13. The first-order valence-electron chi connectivity index (χ1n) is 8.05. The van der Waals surface area contributed by atoms with Crippen LogP contribution in [-0.4, -0.2) is 29.5 Å². The molecule has 5 nitrogen and oxygen atoms in total. The molecule has 0 atom stereocenters. The first-order valence-corrected chi connectivity index (χ1v) is 8.05. The van der Waals surface area contributed by atoms with Crippen molar-refractivity contribution in [3.05, 3.63) is 78.1 Å². The molecule has 1 amide bonds. The Morgan fingerprint density at radius 2 is 1.68 bits per heavy atom. The number of rotatable bonds is 6. The van der Waals surface area contributed by atoms with Gasteiger partial charge in [0.1, 0.15) is 5.75 Å². The van der Waals surface area contributed by atoms with Gasteiger partial charge >= 0.3 is 0 Å². The standard InChI is InChI=1S/C20H19N3O2/c1-25-18-9-7-17(8-10-18)20(24)21-12-11-15-13-22-19(23-14-15)16-5-3-2-4-6-16/h2-10,13-14H,11-12H2,1H3,(H,21,24). The van der Waals surface area contributed by atoms with Crippen LogP contribution in [0.5, 0.6) is 5.75 Å². The number of benzene rings is 2. The van der Waals surface area contributed by atoms with E-state index in [2.05, 4.69) is 15.3 Å². The topological polar surface area (TPSA) is 64.1 Å². The average Bonchev–Trinajstić information content (AvgIpc) is 2.69. The summed E-state index contributed by atoms with van der Waals surface area (Å²) in [6.07, 6.45) is 4.28. The van der Waals surface area contributed by atoms with Gasteiger partial charge < -0.3 is 10.1 Å². The van der Waals surface area contributed by atoms with E-state index in [0.717, 1.165) is 16.9 Å². The van der Waals surface area contributed by atoms with Crippen molar-refractivity contribution in [2.75, 3.05) is 13.7 Å². The minimum atomic E-state index is -0.107. The highest BCUT2D eigenvalue weighted by atomic mass is 16.5. The Morgan fingerprint density at radius 3 is 2.32 bits per heavy atom. The summed E-state index contributed by atoms with van der Waals surface area (Å²) in [6, 6.07) is 16.9. The van der Waals surface area contributed by atoms with Crippen molar-refractivity contribution in [1.29, 1.82) is 0 Å². The van der Waals surface area contributed by atoms with Crippen molar-refractivity contribution in [2.45, 2.75) is 6.42 Å². The predicted molar refractivity (Wildman–Crippen MR) is 96.5 cm³/mol. The molecule has 2 aromatic carbocycles. The summed E-state index contributed by atoms with van der Waals surface area (Å²) >= 11 is 0. The van der Waals surface area contributed by atoms with Crippen molar-refractivity contribution in [2.24, 2.45) is 0 Å². The number of nitrogens with zero attached hydrogens (tertiary/aromatic N) is 2. The predicted octanol–water partition coefficient (Wildman–Crippen LogP) is 3.12. The number of hydrogen-bond acceptors (Lipinski definition) is 4. The van der Waals surface area contributed by atoms with E-state index < -0.39 is 0 Å². The lowest BCUT2D eigenvalue weighted by molar-refractivity contribution is 0.0954. The zero-order chi connectivity index (χ0) is 17.5. The molecule has 0 unspecified atom stereocenters. The molecule has 1 aromatic heterocycles. The molecule has 3 aromatic rings. The minimum Gasteiger partial charge on any atom is -0.497 e. The first-order chi connectivity index (χ1) is 12.3. The number of ether oxygens (including phenoxy) is 1. The normalized spacial score (nSPS) is 10.3. The summed E-state index contributed by atoms with van der Waals surface area (Å²) in [6.45, 7) is 0.527. The van der Waals surface area contributed by atoms with Crippen molar-refractivity contribution in [3.63, 3.8) is 0 Å². The molecule has 0 fully saturated rings. The second-order valence-electron chi connectivity index (χ2n) is 5.52. The third-order valence-electron chi connectivity index (χ3n) is 3.79. The van der Waals surface area contributed by atoms with Crippen LogP contribution in [-0.2, 0) is 6.42 Å². The maximum atomic E-state index is 12.1. The molecular weight excluding hydrogens is 314 g/mol. The van der Waals surface area contributed by atoms with Gasteiger partial charge in [-0.1, -0.05) is 30.3 Å². The van der Waals surface area contributed by atoms with E-state index in [1.54, 1.807) is 43.8 Å². The number of hydrogen-bond donors (Lipinski definition) is 1. The highest BCUT2D eigenvalue weighted by Gasteiger charge is 2.06. The van der Waals surface area contributed by atoms with Crippen LogP contribution in [0.2, 0.25) is 0 Å². The number of nitrogens with one attached hydrogen (secondary N) is 1. The Kier molecular flexibility index (Phi) is 5.36. The van der Waals surface area contributed by atoms with Crippen LogP contribution in [0.3, 0.4) is 0 Å². The average molecular weight is 333 g/mol. The second-order valence-corrected chi connectivity index (χ2v) is 5.52. The summed E-state index contributed by atoms with van der Waals surface area (Å²) in [7, 11) is 1.60. The zero-order valence-electron chi connectivity index (χ0n) is 14.0. The lowest BCUT2D eigenvalue weighted by atomic mass is 10.2. The van der Waals surface area contributed by atoms with E-state index >= 15 is 0 Å². The Bertz CT molecular complexity index is 816. The molecule has 25 heavy (non-hydrogen) atoms. The quantitative estimate of drug-likeness (QED) is 0.753. The van der Waals surface area contributed by atoms with Crippen LogP contribution in [0.1, 0.15) is 15.9 Å². The van der Waals surface area contributed by atoms with E-state index in [-0.39, 0.29) is 5.91 Å². The fraction of sp³-hybridized carbons (Fsp3) is 0.150. The van der Waals surface area contributed by atoms with Crippen LogP contribution >= 0.6 is 0 Å². The summed E-state index contributed by atoms with van der Waals surface area (Å²) < 4.78 is 5.08. The van der Waals surface area contributed by atoms with Crippen LogP contribution in [0.25, 0.3) is 11.4 Å². The third kappa shape index (κ3) is 4.41. The van der Waals surface area contributed by atoms with Crippen LogP contribution in [0.15, 0.2) is 67.0 Å². The van der Waals surface area contributed by atoms with Gasteiger partial charge in [-0.25, -0.2) is 9.97 Å². The molecule has 0 aliphatic rings. The van der Waals surface area contributed by atoms with Gasteiger partial charge in [0.15, 0.2) is 5.82 Å². The summed E-state index contributed by atoms with van der Waals surface area (Å²) in [5.41, 5.74) is 2.58. The minimum absolute atomic E-state index is 0.107. The van der Waals surface area contributed by atoms with E-state index in [1.807, 2.05) is 30.3 Å². The largest absolute Gasteiger partial charge is 0.497 e. The van der Waals surface area contributed by atoms with Gasteiger partial charge in [0.05, 0.1) is 7.11 Å². The number of aromatic nitrogens is 2. The molecule has 0 spiro atoms. The SMILES string of the molecule is COc1ccc(C(=O)NCCc2cnc(-c3ccccc3)nc2)cc1. The zero-order valence-corrected chi connectivity index (χ0v) is 14.0. The van der Waals surface area contributed by atoms with E-state index in [1.165, 1.54) is 0 Å². The second kappa shape index (κ2) is 8.06. The molecule has 5 heteroatoms. The maximum Gasteiger partial charge on any atom is 0.251 e. The molecule has 0 radical (unpaired) electrons. The summed E-state index contributed by atoms with van der Waals surface area (Å²) in [5.74, 6) is 1.32. The molecule has 126 valence electrons. The molecular formula is C20H19N3O2. The molecule has 3 rings (SSSR count). The van der Waals surface area contributed by atoms with E-state index in [0.29, 0.717) is 24.4 Å². The van der Waals surface area contributed by atoms with Crippen molar-refractivity contribution >= 4 is 5.91 Å². The van der Waals surface area contributed by atoms with Gasteiger partial charge in [-0.15, -0.1) is 0 Å². The van der Waals surface area contributed by atoms with Crippen LogP contribution in [0.4, 0.5) is 0 Å². The van der Waals surface area contributed by atoms with E-state index in [4.69, 9.17) is 4.74 Å². The smallest absolute Gasteiger partial charge is 0.251 e. The lowest BCUT2D eigenvalue weighted by Crippen LogP contribution is -2.25. The molecule has 1 heterocycles. The molecule has 1 N–H and O–H groups in total. The summed E-state index contributed by atoms with van der Waals surface area (Å²) in [4.78, 5) is 20.9. The fourth-order valence-electron chi connectivity index (χ4n) is 2.38. The molecule has 0 bridgehead atoms. The molecule has 0 saturated heterocycles. The van der Waals surface area contributed by atoms with Gasteiger partial charge in [0.2, 0.25) is 0 Å². The first kappa shape index (κ1) is 16.6. The monoisotopic (exact) mass is 333 g/mol. The summed E-state index contributed by atoms with van der Waals surface area (Å²) in [5, 5.41) is 2.90. The van der Waals surface area contributed by atoms with Gasteiger partial charge in [-0.05, 0) is 36.2 Å². The number of carbonyl (C=O) groups is 1. The van der Waals surface area contributed by atoms with Crippen molar-refractivity contribution in [3.8, 4) is 17.1 Å². The fourth-order valence-corrected chi connectivity index (χ4v) is 2.38. The van der Waals surface area contributed by atoms with Crippen molar-refractivity contribution in [1.82, 2.24) is 15.3 Å². The Labute approximate surface area is 146 Å². The van der Waals surface area contributed by atoms with Gasteiger partial charge in [0, 0.05) is 30.1 Å². The number of carbonyl (C=O) groups excluding carboxylic acids is 1. The number of amides is 1. The van der Waals surface area contributed by atoms with Gasteiger partial charge in [0.25, 0.3) is 5.91 Å². The molecule has 0 aliphatic carbocycles. The number of methoxy groups -OCH3 is 1. The van der Waals surface area contributed by atoms with Gasteiger partial charge in [-0.3, -0.25) is 4.79 Å². The maximum absolute atomic E-state index is 12.1. The van der Waals surface area contributed by atoms with Crippen molar-refractivity contribution < 1.29 is 9.53 Å². The van der Waals surface area contributed by atoms with E-state index in [9.17, 15) is 4.79 Å². The van der Waals surface area contributed by atoms with Gasteiger partial charge in [-0.2, -0.15) is 0 Å². The molecule has 0 aliphatic heterocycles. The Balaban J connectivity index is 1.52. The van der Waals surface area contributed by atoms with Crippen LogP contribution in [0, 0.1) is 0 Å².